The number of nitrogens with zero attached hydrogens (tertiary/aromatic N) is 6. The van der Waals surface area contributed by atoms with Gasteiger partial charge in [0.25, 0.3) is 0 Å². The van der Waals surface area contributed by atoms with Gasteiger partial charge in [0, 0.05) is 60.3 Å². The van der Waals surface area contributed by atoms with Gasteiger partial charge in [0.15, 0.2) is 5.65 Å². The summed E-state index contributed by atoms with van der Waals surface area (Å²) in [5.74, 6) is 0.970. The van der Waals surface area contributed by atoms with Crippen molar-refractivity contribution in [2.75, 3.05) is 13.1 Å². The van der Waals surface area contributed by atoms with Gasteiger partial charge in [-0.05, 0) is 42.3 Å². The minimum Gasteiger partial charge on any atom is -0.467 e. The van der Waals surface area contributed by atoms with Crippen LogP contribution in [0.25, 0.3) is 50.2 Å². The zero-order valence-electron chi connectivity index (χ0n) is 20.0. The zero-order chi connectivity index (χ0) is 24.3. The van der Waals surface area contributed by atoms with E-state index in [1.54, 1.807) is 12.4 Å². The lowest BCUT2D eigenvalue weighted by Crippen LogP contribution is -2.42. The van der Waals surface area contributed by atoms with Crippen LogP contribution in [0.2, 0.25) is 0 Å². The highest BCUT2D eigenvalue weighted by molar-refractivity contribution is 6.02. The fourth-order valence-electron chi connectivity index (χ4n) is 5.95. The summed E-state index contributed by atoms with van der Waals surface area (Å²) in [6.07, 6.45) is 10.4. The second kappa shape index (κ2) is 8.09. The molecule has 1 aromatic carbocycles. The highest BCUT2D eigenvalue weighted by Gasteiger charge is 2.37. The normalized spacial score (nSPS) is 19.5. The molecule has 2 fully saturated rings. The minimum absolute atomic E-state index is 0.605. The molecule has 2 aliphatic rings. The number of nitrogens with one attached hydrogen (secondary N) is 2. The smallest absolute Gasteiger partial charge is 0.164 e. The highest BCUT2D eigenvalue weighted by Crippen LogP contribution is 2.39. The van der Waals surface area contributed by atoms with E-state index in [4.69, 9.17) is 14.5 Å². The Morgan fingerprint density at radius 3 is 2.86 bits per heavy atom. The van der Waals surface area contributed by atoms with Crippen molar-refractivity contribution in [3.63, 3.8) is 0 Å². The lowest BCUT2D eigenvalue weighted by Gasteiger charge is -2.26. The number of H-pyrrole nitrogens is 1. The first-order valence-electron chi connectivity index (χ1n) is 12.6. The van der Waals surface area contributed by atoms with Crippen LogP contribution in [0.5, 0.6) is 0 Å². The maximum Gasteiger partial charge on any atom is 0.164 e. The van der Waals surface area contributed by atoms with Crippen LogP contribution in [0.1, 0.15) is 12.2 Å². The van der Waals surface area contributed by atoms with Gasteiger partial charge in [0.2, 0.25) is 0 Å². The van der Waals surface area contributed by atoms with E-state index in [1.165, 1.54) is 6.42 Å². The fourth-order valence-corrected chi connectivity index (χ4v) is 5.95. The van der Waals surface area contributed by atoms with Gasteiger partial charge in [-0.2, -0.15) is 10.2 Å². The molecule has 0 radical (unpaired) electrons. The molecule has 7 heterocycles. The number of hydrogen-bond donors (Lipinski definition) is 2. The predicted octanol–water partition coefficient (Wildman–Crippen LogP) is 4.14. The first kappa shape index (κ1) is 20.8. The largest absolute Gasteiger partial charge is 0.467 e. The third-order valence-corrected chi connectivity index (χ3v) is 7.70. The van der Waals surface area contributed by atoms with Crippen LogP contribution in [-0.4, -0.2) is 59.9 Å². The topological polar surface area (TPSA) is 100 Å². The molecular weight excluding hydrogens is 464 g/mol. The van der Waals surface area contributed by atoms with E-state index in [0.717, 1.165) is 75.6 Å². The zero-order valence-corrected chi connectivity index (χ0v) is 20.0. The fraction of sp³-hybridized carbons (Fsp3) is 0.214. The van der Waals surface area contributed by atoms with Crippen LogP contribution in [0, 0.1) is 0 Å². The number of aromatic nitrogens is 6. The lowest BCUT2D eigenvalue weighted by atomic mass is 9.99. The van der Waals surface area contributed by atoms with Crippen LogP contribution < -0.4 is 5.32 Å². The monoisotopic (exact) mass is 488 g/mol. The molecule has 9 nitrogen and oxygen atoms in total. The SMILES string of the molecule is c1cc(-c2c(-c3ccncc3)nn3c(-c4coc(CN5C[C@@H]6CC5CN6)c4)ccnc23)c2cn[nH]c2c1. The molecule has 9 heteroatoms. The number of rotatable bonds is 5. The van der Waals surface area contributed by atoms with Gasteiger partial charge in [0.1, 0.15) is 17.7 Å². The number of benzene rings is 1. The molecule has 8 rings (SSSR count). The number of pyridine rings is 1. The molecule has 37 heavy (non-hydrogen) atoms. The number of piperazine rings is 1. The maximum absolute atomic E-state index is 6.05. The molecular formula is C28H24N8O. The molecule has 2 aliphatic heterocycles. The Morgan fingerprint density at radius 2 is 2.00 bits per heavy atom. The summed E-state index contributed by atoms with van der Waals surface area (Å²) in [5, 5.41) is 17.1. The van der Waals surface area contributed by atoms with Gasteiger partial charge < -0.3 is 9.73 Å². The Balaban J connectivity index is 1.28. The van der Waals surface area contributed by atoms with Crippen molar-refractivity contribution >= 4 is 16.6 Å². The molecule has 5 aromatic heterocycles. The van der Waals surface area contributed by atoms with Crippen LogP contribution >= 0.6 is 0 Å². The molecule has 6 aromatic rings. The molecule has 182 valence electrons. The number of furan rings is 1. The van der Waals surface area contributed by atoms with E-state index in [1.807, 2.05) is 53.5 Å². The highest BCUT2D eigenvalue weighted by atomic mass is 16.3. The van der Waals surface area contributed by atoms with Gasteiger partial charge in [-0.25, -0.2) is 9.50 Å². The van der Waals surface area contributed by atoms with Gasteiger partial charge in [-0.1, -0.05) is 12.1 Å². The molecule has 0 amide bonds. The number of fused-ring (bicyclic) bond motifs is 4. The third kappa shape index (κ3) is 3.32. The average Bonchev–Trinajstić information content (AvgIpc) is 3.76. The van der Waals surface area contributed by atoms with Gasteiger partial charge in [-0.15, -0.1) is 0 Å². The molecule has 2 atom stereocenters. The Kier molecular flexibility index (Phi) is 4.55. The van der Waals surface area contributed by atoms with E-state index in [2.05, 4.69) is 37.5 Å². The molecule has 2 bridgehead atoms. The average molecular weight is 489 g/mol. The van der Waals surface area contributed by atoms with E-state index in [0.29, 0.717) is 12.1 Å². The summed E-state index contributed by atoms with van der Waals surface area (Å²) in [5.41, 5.74) is 7.50. The van der Waals surface area contributed by atoms with Crippen LogP contribution in [0.4, 0.5) is 0 Å². The van der Waals surface area contributed by atoms with Crippen molar-refractivity contribution in [3.05, 3.63) is 79.3 Å². The number of likely N-dealkylation sites (tertiary alicyclic amines) is 1. The van der Waals surface area contributed by atoms with Crippen molar-refractivity contribution in [1.29, 1.82) is 0 Å². The summed E-state index contributed by atoms with van der Waals surface area (Å²) < 4.78 is 7.98. The van der Waals surface area contributed by atoms with E-state index >= 15 is 0 Å². The van der Waals surface area contributed by atoms with E-state index in [-0.39, 0.29) is 0 Å². The Morgan fingerprint density at radius 1 is 1.05 bits per heavy atom. The van der Waals surface area contributed by atoms with Crippen LogP contribution in [0.3, 0.4) is 0 Å². The molecule has 0 aliphatic carbocycles. The number of hydrogen-bond acceptors (Lipinski definition) is 7. The minimum atomic E-state index is 0.605. The second-order valence-corrected chi connectivity index (χ2v) is 9.89. The summed E-state index contributed by atoms with van der Waals surface area (Å²) >= 11 is 0. The van der Waals surface area contributed by atoms with E-state index in [9.17, 15) is 0 Å². The number of aromatic amines is 1. The lowest BCUT2D eigenvalue weighted by molar-refractivity contribution is 0.202. The Bertz CT molecular complexity index is 1750. The van der Waals surface area contributed by atoms with E-state index < -0.39 is 0 Å². The van der Waals surface area contributed by atoms with Gasteiger partial charge in [0.05, 0.1) is 29.5 Å². The van der Waals surface area contributed by atoms with Gasteiger partial charge in [-0.3, -0.25) is 15.0 Å². The quantitative estimate of drug-likeness (QED) is 0.376. The van der Waals surface area contributed by atoms with Crippen molar-refractivity contribution in [3.8, 4) is 33.6 Å². The van der Waals surface area contributed by atoms with Crippen LogP contribution in [0.15, 0.2) is 77.9 Å². The predicted molar refractivity (Wildman–Crippen MR) is 140 cm³/mol. The summed E-state index contributed by atoms with van der Waals surface area (Å²) in [6.45, 7) is 2.98. The van der Waals surface area contributed by atoms with Gasteiger partial charge >= 0.3 is 0 Å². The summed E-state index contributed by atoms with van der Waals surface area (Å²) in [6, 6.07) is 15.5. The van der Waals surface area contributed by atoms with Crippen LogP contribution in [-0.2, 0) is 6.54 Å². The molecule has 2 N–H and O–H groups in total. The standard InChI is InChI=1S/C28H24N8O/c1-2-22(23-13-32-33-24(23)3-1)26-27(17-4-7-29-8-5-17)34-36-25(6-9-30-28(26)36)18-10-21(37-16-18)15-35-14-19-11-20(35)12-31-19/h1-10,13,16,19-20,31H,11-12,14-15H2,(H,32,33)/t19-,20?/m0/s1. The first-order chi connectivity index (χ1) is 18.3. The van der Waals surface area contributed by atoms with Crippen molar-refractivity contribution in [2.24, 2.45) is 0 Å². The summed E-state index contributed by atoms with van der Waals surface area (Å²) in [7, 11) is 0. The second-order valence-electron chi connectivity index (χ2n) is 9.89. The maximum atomic E-state index is 6.05. The molecule has 1 unspecified atom stereocenters. The third-order valence-electron chi connectivity index (χ3n) is 7.70. The Hall–Kier alpha value is -4.34. The summed E-state index contributed by atoms with van der Waals surface area (Å²) in [4.78, 5) is 11.5. The van der Waals surface area contributed by atoms with Crippen molar-refractivity contribution in [1.82, 2.24) is 40.0 Å². The van der Waals surface area contributed by atoms with Crippen molar-refractivity contribution in [2.45, 2.75) is 25.0 Å². The van der Waals surface area contributed by atoms with Crippen molar-refractivity contribution < 1.29 is 4.42 Å². The first-order valence-corrected chi connectivity index (χ1v) is 12.6. The Labute approximate surface area is 212 Å². The molecule has 2 saturated heterocycles. The molecule has 0 saturated carbocycles. The molecule has 0 spiro atoms.